The number of hydrogen-bond acceptors (Lipinski definition) is 7. The molecule has 0 saturated carbocycles. The fraction of sp³-hybridized carbons (Fsp3) is 0.0588. The van der Waals surface area contributed by atoms with Gasteiger partial charge in [-0.1, -0.05) is 0 Å². The van der Waals surface area contributed by atoms with Gasteiger partial charge in [0.25, 0.3) is 15.9 Å². The Hall–Kier alpha value is -3.93. The highest BCUT2D eigenvalue weighted by molar-refractivity contribution is 7.92. The number of phenolic OH excluding ortho intramolecular Hbond substituents is 1. The quantitative estimate of drug-likeness (QED) is 0.409. The lowest BCUT2D eigenvalue weighted by Gasteiger charge is -2.09. The van der Waals surface area contributed by atoms with Gasteiger partial charge in [0.2, 0.25) is 0 Å². The number of anilines is 2. The van der Waals surface area contributed by atoms with Crippen LogP contribution in [0.3, 0.4) is 0 Å². The summed E-state index contributed by atoms with van der Waals surface area (Å²) in [5.74, 6) is -0.694. The average molecular weight is 417 g/mol. The molecule has 0 atom stereocenters. The van der Waals surface area contributed by atoms with Gasteiger partial charge in [0.15, 0.2) is 11.6 Å². The number of sulfonamides is 1. The maximum atomic E-state index is 12.4. The van der Waals surface area contributed by atoms with Gasteiger partial charge in [-0.15, -0.1) is 0 Å². The largest absolute Gasteiger partial charge is 0.502 e. The topological polar surface area (TPSA) is 156 Å². The first-order chi connectivity index (χ1) is 13.7. The maximum Gasteiger partial charge on any atom is 0.312 e. The van der Waals surface area contributed by atoms with E-state index in [1.807, 2.05) is 0 Å². The summed E-state index contributed by atoms with van der Waals surface area (Å²) in [6.07, 6.45) is 1.67. The molecule has 0 unspecified atom stereocenters. The Morgan fingerprint density at radius 1 is 1.17 bits per heavy atom. The number of aryl methyl sites for hydroxylation is 1. The van der Waals surface area contributed by atoms with Crippen LogP contribution in [0.25, 0.3) is 0 Å². The van der Waals surface area contributed by atoms with Crippen LogP contribution in [-0.4, -0.2) is 34.1 Å². The van der Waals surface area contributed by atoms with E-state index in [0.717, 1.165) is 18.2 Å². The zero-order valence-corrected chi connectivity index (χ0v) is 15.8. The van der Waals surface area contributed by atoms with Gasteiger partial charge in [-0.05, 0) is 36.4 Å². The second-order valence-corrected chi connectivity index (χ2v) is 7.60. The van der Waals surface area contributed by atoms with Gasteiger partial charge in [0.05, 0.1) is 9.82 Å². The van der Waals surface area contributed by atoms with E-state index in [4.69, 9.17) is 0 Å². The van der Waals surface area contributed by atoms with Crippen molar-refractivity contribution in [1.82, 2.24) is 9.78 Å². The summed E-state index contributed by atoms with van der Waals surface area (Å²) in [5, 5.41) is 27.0. The summed E-state index contributed by atoms with van der Waals surface area (Å²) >= 11 is 0. The van der Waals surface area contributed by atoms with Gasteiger partial charge in [-0.3, -0.25) is 24.3 Å². The lowest BCUT2D eigenvalue weighted by atomic mass is 10.2. The lowest BCUT2D eigenvalue weighted by molar-refractivity contribution is -0.386. The van der Waals surface area contributed by atoms with Crippen LogP contribution in [0.2, 0.25) is 0 Å². The number of benzene rings is 2. The number of rotatable bonds is 6. The first kappa shape index (κ1) is 19.8. The number of nitrogens with zero attached hydrogens (tertiary/aromatic N) is 3. The number of carbonyl (C=O) groups excluding carboxylic acids is 1. The Labute approximate surface area is 164 Å². The minimum absolute atomic E-state index is 0.148. The molecular formula is C17H15N5O6S. The van der Waals surface area contributed by atoms with E-state index >= 15 is 0 Å². The van der Waals surface area contributed by atoms with Crippen molar-refractivity contribution < 1.29 is 23.2 Å². The number of hydrogen-bond donors (Lipinski definition) is 3. The Balaban J connectivity index is 1.75. The molecule has 3 aromatic rings. The molecule has 150 valence electrons. The Bertz CT molecular complexity index is 1190. The summed E-state index contributed by atoms with van der Waals surface area (Å²) in [7, 11) is -2.44. The second kappa shape index (κ2) is 7.59. The van der Waals surface area contributed by atoms with Gasteiger partial charge in [0, 0.05) is 36.6 Å². The molecule has 0 bridgehead atoms. The predicted octanol–water partition coefficient (Wildman–Crippen LogP) is 2.09. The first-order valence-electron chi connectivity index (χ1n) is 8.07. The average Bonchev–Trinajstić information content (AvgIpc) is 3.06. The summed E-state index contributed by atoms with van der Waals surface area (Å²) in [6.45, 7) is 0. The van der Waals surface area contributed by atoms with Crippen LogP contribution in [0.5, 0.6) is 5.75 Å². The van der Waals surface area contributed by atoms with E-state index in [-0.39, 0.29) is 16.1 Å². The monoisotopic (exact) mass is 417 g/mol. The zero-order valence-electron chi connectivity index (χ0n) is 14.9. The Morgan fingerprint density at radius 2 is 1.86 bits per heavy atom. The summed E-state index contributed by atoms with van der Waals surface area (Å²) in [6, 6.07) is 9.92. The fourth-order valence-electron chi connectivity index (χ4n) is 2.39. The molecule has 3 N–H and O–H groups in total. The predicted molar refractivity (Wildman–Crippen MR) is 103 cm³/mol. The third kappa shape index (κ3) is 4.50. The molecule has 0 spiro atoms. The highest BCUT2D eigenvalue weighted by atomic mass is 32.2. The molecule has 3 rings (SSSR count). The first-order valence-corrected chi connectivity index (χ1v) is 9.55. The Morgan fingerprint density at radius 3 is 2.45 bits per heavy atom. The zero-order chi connectivity index (χ0) is 21.2. The van der Waals surface area contributed by atoms with E-state index < -0.39 is 32.3 Å². The minimum Gasteiger partial charge on any atom is -0.502 e. The molecule has 0 aliphatic carbocycles. The molecular weight excluding hydrogens is 402 g/mol. The van der Waals surface area contributed by atoms with Crippen molar-refractivity contribution in [2.45, 2.75) is 4.90 Å². The van der Waals surface area contributed by atoms with Gasteiger partial charge >= 0.3 is 5.69 Å². The second-order valence-electron chi connectivity index (χ2n) is 5.92. The van der Waals surface area contributed by atoms with Crippen LogP contribution in [0.1, 0.15) is 10.4 Å². The van der Waals surface area contributed by atoms with E-state index in [1.165, 1.54) is 28.9 Å². The number of aromatic nitrogens is 2. The van der Waals surface area contributed by atoms with Crippen molar-refractivity contribution in [2.24, 2.45) is 7.05 Å². The van der Waals surface area contributed by atoms with Gasteiger partial charge in [0.1, 0.15) is 0 Å². The van der Waals surface area contributed by atoms with Crippen molar-refractivity contribution in [2.75, 3.05) is 10.0 Å². The van der Waals surface area contributed by atoms with Crippen LogP contribution in [-0.2, 0) is 17.1 Å². The number of phenols is 1. The number of carbonyl (C=O) groups is 1. The molecule has 0 aliphatic heterocycles. The lowest BCUT2D eigenvalue weighted by Crippen LogP contribution is -2.14. The number of nitro benzene ring substituents is 1. The normalized spacial score (nSPS) is 11.1. The summed E-state index contributed by atoms with van der Waals surface area (Å²) < 4.78 is 28.7. The van der Waals surface area contributed by atoms with Crippen molar-refractivity contribution in [1.29, 1.82) is 0 Å². The van der Waals surface area contributed by atoms with Gasteiger partial charge in [-0.2, -0.15) is 5.10 Å². The van der Waals surface area contributed by atoms with E-state index in [9.17, 15) is 28.4 Å². The van der Waals surface area contributed by atoms with E-state index in [2.05, 4.69) is 15.1 Å². The van der Waals surface area contributed by atoms with E-state index in [1.54, 1.807) is 19.3 Å². The van der Waals surface area contributed by atoms with Crippen molar-refractivity contribution in [3.05, 3.63) is 70.4 Å². The molecule has 2 aromatic carbocycles. The third-order valence-electron chi connectivity index (χ3n) is 3.81. The number of aromatic hydroxyl groups is 1. The SMILES string of the molecule is Cn1ccc(NC(=O)c2ccc(NS(=O)(=O)c3ccc(O)c([N+](=O)[O-])c3)cc2)n1. The molecule has 1 heterocycles. The fourth-order valence-corrected chi connectivity index (χ4v) is 3.47. The van der Waals surface area contributed by atoms with Crippen LogP contribution in [0.15, 0.2) is 59.6 Å². The number of nitrogens with one attached hydrogen (secondary N) is 2. The standard InChI is InChI=1S/C17H15N5O6S/c1-21-9-8-16(19-21)18-17(24)11-2-4-12(5-3-11)20-29(27,28)13-6-7-15(23)14(10-13)22(25)26/h2-10,20,23H,1H3,(H,18,19,24). The maximum absolute atomic E-state index is 12.4. The third-order valence-corrected chi connectivity index (χ3v) is 5.19. The number of amides is 1. The smallest absolute Gasteiger partial charge is 0.312 e. The van der Waals surface area contributed by atoms with Gasteiger partial charge < -0.3 is 10.4 Å². The van der Waals surface area contributed by atoms with Crippen LogP contribution < -0.4 is 10.0 Å². The molecule has 29 heavy (non-hydrogen) atoms. The molecule has 11 nitrogen and oxygen atoms in total. The molecule has 0 fully saturated rings. The molecule has 12 heteroatoms. The van der Waals surface area contributed by atoms with Crippen LogP contribution in [0.4, 0.5) is 17.2 Å². The van der Waals surface area contributed by atoms with E-state index in [0.29, 0.717) is 5.82 Å². The molecule has 0 saturated heterocycles. The minimum atomic E-state index is -4.14. The van der Waals surface area contributed by atoms with Gasteiger partial charge in [-0.25, -0.2) is 8.42 Å². The molecule has 1 aromatic heterocycles. The van der Waals surface area contributed by atoms with Crippen molar-refractivity contribution in [3.63, 3.8) is 0 Å². The van der Waals surface area contributed by atoms with Crippen LogP contribution >= 0.6 is 0 Å². The van der Waals surface area contributed by atoms with Crippen LogP contribution in [0, 0.1) is 10.1 Å². The molecule has 0 aliphatic rings. The highest BCUT2D eigenvalue weighted by Gasteiger charge is 2.21. The number of nitro groups is 1. The summed E-state index contributed by atoms with van der Waals surface area (Å²) in [5.41, 5.74) is -0.302. The summed E-state index contributed by atoms with van der Waals surface area (Å²) in [4.78, 5) is 21.8. The van der Waals surface area contributed by atoms with Crippen molar-refractivity contribution in [3.8, 4) is 5.75 Å². The Kier molecular flexibility index (Phi) is 5.19. The highest BCUT2D eigenvalue weighted by Crippen LogP contribution is 2.29. The molecule has 1 amide bonds. The molecule has 0 radical (unpaired) electrons. The van der Waals surface area contributed by atoms with Crippen molar-refractivity contribution >= 4 is 33.1 Å².